The number of aromatic nitrogens is 3. The lowest BCUT2D eigenvalue weighted by molar-refractivity contribution is 0.415. The van der Waals surface area contributed by atoms with E-state index in [0.717, 1.165) is 17.4 Å². The van der Waals surface area contributed by atoms with Crippen LogP contribution in [0.4, 0.5) is 17.3 Å². The molecule has 2 heterocycles. The fourth-order valence-electron chi connectivity index (χ4n) is 2.91. The Balaban J connectivity index is 1.66. The van der Waals surface area contributed by atoms with Crippen LogP contribution in [-0.4, -0.2) is 36.4 Å². The molecule has 0 spiro atoms. The number of pyridine rings is 1. The smallest absolute Gasteiger partial charge is 0.247 e. The van der Waals surface area contributed by atoms with Crippen molar-refractivity contribution >= 4 is 32.8 Å². The molecule has 0 amide bonds. The molecule has 0 fully saturated rings. The summed E-state index contributed by atoms with van der Waals surface area (Å²) < 4.78 is 30.5. The molecule has 0 radical (unpaired) electrons. The molecule has 0 aliphatic carbocycles. The number of benzene rings is 2. The van der Waals surface area contributed by atoms with E-state index in [2.05, 4.69) is 15.4 Å². The first-order valence-corrected chi connectivity index (χ1v) is 10.6. The first kappa shape index (κ1) is 18.8. The molecule has 8 nitrogen and oxygen atoms in total. The second kappa shape index (κ2) is 7.10. The maximum absolute atomic E-state index is 11.7. The molecule has 4 aromatic rings. The van der Waals surface area contributed by atoms with Gasteiger partial charge in [-0.25, -0.2) is 12.9 Å². The SMILES string of the molecule is COc1cc(S(C)(=O)=O)ccc1Nc1nc2ccc(-c3ccc(N)cc3)cn2n1. The van der Waals surface area contributed by atoms with Crippen molar-refractivity contribution in [1.29, 1.82) is 0 Å². The Kier molecular flexibility index (Phi) is 4.59. The Hall–Kier alpha value is -3.59. The van der Waals surface area contributed by atoms with Gasteiger partial charge in [-0.3, -0.25) is 0 Å². The van der Waals surface area contributed by atoms with E-state index in [-0.39, 0.29) is 4.90 Å². The topological polar surface area (TPSA) is 112 Å². The highest BCUT2D eigenvalue weighted by molar-refractivity contribution is 7.90. The lowest BCUT2D eigenvalue weighted by atomic mass is 10.1. The van der Waals surface area contributed by atoms with Gasteiger partial charge in [-0.2, -0.15) is 4.98 Å². The minimum absolute atomic E-state index is 0.177. The quantitative estimate of drug-likeness (QED) is 0.487. The highest BCUT2D eigenvalue weighted by Gasteiger charge is 2.13. The summed E-state index contributed by atoms with van der Waals surface area (Å²) in [5, 5.41) is 7.53. The Morgan fingerprint density at radius 3 is 2.45 bits per heavy atom. The molecule has 0 unspecified atom stereocenters. The molecule has 0 saturated carbocycles. The number of hydrogen-bond acceptors (Lipinski definition) is 7. The van der Waals surface area contributed by atoms with Gasteiger partial charge in [0.1, 0.15) is 5.75 Å². The molecule has 0 aliphatic heterocycles. The molecule has 0 saturated heterocycles. The third kappa shape index (κ3) is 3.85. The summed E-state index contributed by atoms with van der Waals surface area (Å²) in [6.07, 6.45) is 3.03. The molecule has 9 heteroatoms. The second-order valence-corrected chi connectivity index (χ2v) is 8.55. The van der Waals surface area contributed by atoms with Gasteiger partial charge in [-0.05, 0) is 42.0 Å². The summed E-state index contributed by atoms with van der Waals surface area (Å²) >= 11 is 0. The number of anilines is 3. The van der Waals surface area contributed by atoms with E-state index in [1.165, 1.54) is 19.2 Å². The van der Waals surface area contributed by atoms with Crippen LogP contribution in [0.2, 0.25) is 0 Å². The third-order valence-electron chi connectivity index (χ3n) is 4.42. The first-order valence-electron chi connectivity index (χ1n) is 8.71. The van der Waals surface area contributed by atoms with Gasteiger partial charge in [0.2, 0.25) is 5.95 Å². The number of fused-ring (bicyclic) bond motifs is 1. The number of sulfone groups is 1. The summed E-state index contributed by atoms with van der Waals surface area (Å²) in [4.78, 5) is 4.63. The molecular weight excluding hydrogens is 390 g/mol. The zero-order chi connectivity index (χ0) is 20.6. The summed E-state index contributed by atoms with van der Waals surface area (Å²) in [7, 11) is -1.86. The van der Waals surface area contributed by atoms with Crippen LogP contribution in [0.5, 0.6) is 5.75 Å². The van der Waals surface area contributed by atoms with Crippen LogP contribution in [0.1, 0.15) is 0 Å². The van der Waals surface area contributed by atoms with E-state index < -0.39 is 9.84 Å². The lowest BCUT2D eigenvalue weighted by Crippen LogP contribution is -2.01. The summed E-state index contributed by atoms with van der Waals surface area (Å²) in [6.45, 7) is 0. The average molecular weight is 409 g/mol. The van der Waals surface area contributed by atoms with Crippen molar-refractivity contribution in [3.05, 3.63) is 60.8 Å². The van der Waals surface area contributed by atoms with Gasteiger partial charge in [-0.15, -0.1) is 5.10 Å². The van der Waals surface area contributed by atoms with E-state index in [0.29, 0.717) is 28.7 Å². The zero-order valence-electron chi connectivity index (χ0n) is 15.8. The maximum Gasteiger partial charge on any atom is 0.247 e. The minimum atomic E-state index is -3.33. The molecule has 0 bridgehead atoms. The van der Waals surface area contributed by atoms with Gasteiger partial charge in [0.15, 0.2) is 15.5 Å². The summed E-state index contributed by atoms with van der Waals surface area (Å²) in [5.41, 5.74) is 9.68. The van der Waals surface area contributed by atoms with E-state index in [1.807, 2.05) is 42.6 Å². The van der Waals surface area contributed by atoms with Crippen molar-refractivity contribution in [3.8, 4) is 16.9 Å². The average Bonchev–Trinajstić information content (AvgIpc) is 3.09. The monoisotopic (exact) mass is 409 g/mol. The van der Waals surface area contributed by atoms with E-state index in [1.54, 1.807) is 10.6 Å². The number of methoxy groups -OCH3 is 1. The Labute approximate surface area is 167 Å². The Morgan fingerprint density at radius 2 is 1.76 bits per heavy atom. The van der Waals surface area contributed by atoms with E-state index in [9.17, 15) is 8.42 Å². The Morgan fingerprint density at radius 1 is 1.03 bits per heavy atom. The minimum Gasteiger partial charge on any atom is -0.495 e. The van der Waals surface area contributed by atoms with Crippen LogP contribution in [-0.2, 0) is 9.84 Å². The number of ether oxygens (including phenoxy) is 1. The van der Waals surface area contributed by atoms with Crippen LogP contribution < -0.4 is 15.8 Å². The standard InChI is InChI=1S/C20H19N5O3S/c1-28-18-11-16(29(2,26)27)8-9-17(18)22-20-23-19-10-5-14(12-25(19)24-20)13-3-6-15(21)7-4-13/h3-12H,21H2,1-2H3,(H,22,24). The molecule has 0 atom stereocenters. The van der Waals surface area contributed by atoms with Crippen LogP contribution >= 0.6 is 0 Å². The van der Waals surface area contributed by atoms with Crippen molar-refractivity contribution in [2.45, 2.75) is 4.90 Å². The van der Waals surface area contributed by atoms with Crippen molar-refractivity contribution in [2.24, 2.45) is 0 Å². The number of rotatable bonds is 5. The first-order chi connectivity index (χ1) is 13.8. The molecule has 29 heavy (non-hydrogen) atoms. The zero-order valence-corrected chi connectivity index (χ0v) is 16.6. The predicted molar refractivity (Wildman–Crippen MR) is 112 cm³/mol. The van der Waals surface area contributed by atoms with E-state index in [4.69, 9.17) is 10.5 Å². The largest absolute Gasteiger partial charge is 0.495 e. The molecule has 3 N–H and O–H groups in total. The molecule has 4 rings (SSSR count). The van der Waals surface area contributed by atoms with Crippen molar-refractivity contribution in [2.75, 3.05) is 24.4 Å². The fourth-order valence-corrected chi connectivity index (χ4v) is 3.54. The summed E-state index contributed by atoms with van der Waals surface area (Å²) in [6, 6.07) is 16.0. The molecule has 2 aromatic carbocycles. The van der Waals surface area contributed by atoms with Crippen molar-refractivity contribution < 1.29 is 13.2 Å². The highest BCUT2D eigenvalue weighted by atomic mass is 32.2. The fraction of sp³-hybridized carbons (Fsp3) is 0.100. The van der Waals surface area contributed by atoms with Crippen molar-refractivity contribution in [1.82, 2.24) is 14.6 Å². The number of nitrogens with one attached hydrogen (secondary N) is 1. The van der Waals surface area contributed by atoms with Crippen LogP contribution in [0.15, 0.2) is 65.7 Å². The number of nitrogens with zero attached hydrogens (tertiary/aromatic N) is 3. The molecule has 0 aliphatic rings. The normalized spacial score (nSPS) is 11.5. The summed E-state index contributed by atoms with van der Waals surface area (Å²) in [5.74, 6) is 0.749. The van der Waals surface area contributed by atoms with Gasteiger partial charge in [0, 0.05) is 29.8 Å². The second-order valence-electron chi connectivity index (χ2n) is 6.54. The van der Waals surface area contributed by atoms with Gasteiger partial charge < -0.3 is 15.8 Å². The lowest BCUT2D eigenvalue weighted by Gasteiger charge is -2.10. The van der Waals surface area contributed by atoms with Gasteiger partial charge in [0.05, 0.1) is 17.7 Å². The van der Waals surface area contributed by atoms with Crippen LogP contribution in [0.25, 0.3) is 16.8 Å². The van der Waals surface area contributed by atoms with Gasteiger partial charge in [0.25, 0.3) is 0 Å². The highest BCUT2D eigenvalue weighted by Crippen LogP contribution is 2.30. The van der Waals surface area contributed by atoms with Crippen molar-refractivity contribution in [3.63, 3.8) is 0 Å². The third-order valence-corrected chi connectivity index (χ3v) is 5.53. The maximum atomic E-state index is 11.7. The van der Waals surface area contributed by atoms with E-state index >= 15 is 0 Å². The molecule has 148 valence electrons. The number of hydrogen-bond donors (Lipinski definition) is 2. The predicted octanol–water partition coefficient (Wildman–Crippen LogP) is 3.13. The van der Waals surface area contributed by atoms with Gasteiger partial charge in [-0.1, -0.05) is 12.1 Å². The molecule has 2 aromatic heterocycles. The van der Waals surface area contributed by atoms with Gasteiger partial charge >= 0.3 is 0 Å². The number of nitrogen functional groups attached to an aromatic ring is 1. The number of nitrogens with two attached hydrogens (primary N) is 1. The van der Waals surface area contributed by atoms with Crippen LogP contribution in [0, 0.1) is 0 Å². The Bertz CT molecular complexity index is 1300. The van der Waals surface area contributed by atoms with Crippen LogP contribution in [0.3, 0.4) is 0 Å². The molecular formula is C20H19N5O3S.